The van der Waals surface area contributed by atoms with Crippen LogP contribution in [0, 0.1) is 12.7 Å². The molecule has 0 radical (unpaired) electrons. The van der Waals surface area contributed by atoms with Gasteiger partial charge in [0.2, 0.25) is 11.7 Å². The number of nitrogens with zero attached hydrogens (tertiary/aromatic N) is 3. The van der Waals surface area contributed by atoms with Crippen LogP contribution in [0.3, 0.4) is 0 Å². The number of aryl methyl sites for hydroxylation is 1. The summed E-state index contributed by atoms with van der Waals surface area (Å²) in [7, 11) is 1.60. The molecule has 194 valence electrons. The van der Waals surface area contributed by atoms with E-state index in [0.717, 1.165) is 0 Å². The minimum Gasteiger partial charge on any atom is -0.501 e. The van der Waals surface area contributed by atoms with Crippen molar-refractivity contribution in [2.75, 3.05) is 26.9 Å². The Hall–Kier alpha value is -3.47. The Labute approximate surface area is 208 Å². The molecule has 0 fully saturated rings. The third-order valence-corrected chi connectivity index (χ3v) is 6.74. The third-order valence-electron chi connectivity index (χ3n) is 6.74. The summed E-state index contributed by atoms with van der Waals surface area (Å²) in [6.45, 7) is 4.02. The minimum absolute atomic E-state index is 0.0304. The van der Waals surface area contributed by atoms with Crippen LogP contribution >= 0.6 is 0 Å². The maximum atomic E-state index is 14.2. The lowest BCUT2D eigenvalue weighted by Crippen LogP contribution is -2.39. The van der Waals surface area contributed by atoms with Gasteiger partial charge >= 0.3 is 0 Å². The number of amides is 2. The zero-order valence-electron chi connectivity index (χ0n) is 20.7. The Morgan fingerprint density at radius 3 is 2.75 bits per heavy atom. The average Bonchev–Trinajstić information content (AvgIpc) is 3.04. The highest BCUT2D eigenvalue weighted by atomic mass is 19.1. The molecule has 4 rings (SSSR count). The van der Waals surface area contributed by atoms with Gasteiger partial charge in [0.25, 0.3) is 11.5 Å². The maximum Gasteiger partial charge on any atom is 0.296 e. The van der Waals surface area contributed by atoms with Crippen LogP contribution in [-0.2, 0) is 16.1 Å². The highest BCUT2D eigenvalue weighted by molar-refractivity contribution is 5.94. The third kappa shape index (κ3) is 4.92. The average molecular weight is 503 g/mol. The molecule has 2 atom stereocenters. The highest BCUT2D eigenvalue weighted by Gasteiger charge is 2.34. The van der Waals surface area contributed by atoms with Crippen LogP contribution in [0.5, 0.6) is 11.5 Å². The fourth-order valence-electron chi connectivity index (χ4n) is 4.50. The summed E-state index contributed by atoms with van der Waals surface area (Å²) in [5.74, 6) is -1.72. The molecule has 36 heavy (non-hydrogen) atoms. The number of hydrogen-bond donors (Lipinski definition) is 2. The van der Waals surface area contributed by atoms with Crippen molar-refractivity contribution >= 4 is 11.8 Å². The van der Waals surface area contributed by atoms with Crippen LogP contribution in [0.2, 0.25) is 0 Å². The molecule has 0 spiro atoms. The summed E-state index contributed by atoms with van der Waals surface area (Å²) in [5, 5.41) is 13.3. The molecule has 0 aliphatic carbocycles. The molecule has 1 aromatic heterocycles. The smallest absolute Gasteiger partial charge is 0.296 e. The second-order valence-electron chi connectivity index (χ2n) is 9.16. The topological polar surface area (TPSA) is 123 Å². The van der Waals surface area contributed by atoms with Gasteiger partial charge in [0.1, 0.15) is 23.4 Å². The zero-order valence-corrected chi connectivity index (χ0v) is 20.7. The van der Waals surface area contributed by atoms with Crippen molar-refractivity contribution < 1.29 is 28.6 Å². The lowest BCUT2D eigenvalue weighted by molar-refractivity contribution is -0.133. The second-order valence-corrected chi connectivity index (χ2v) is 9.16. The van der Waals surface area contributed by atoms with Crippen molar-refractivity contribution in [3.63, 3.8) is 0 Å². The number of fused-ring (bicyclic) bond motifs is 2. The van der Waals surface area contributed by atoms with E-state index in [0.29, 0.717) is 30.4 Å². The molecule has 2 unspecified atom stereocenters. The first kappa shape index (κ1) is 25.6. The van der Waals surface area contributed by atoms with Gasteiger partial charge in [0, 0.05) is 31.6 Å². The Balaban J connectivity index is 1.82. The first-order valence-electron chi connectivity index (χ1n) is 12.1. The quantitative estimate of drug-likeness (QED) is 0.614. The van der Waals surface area contributed by atoms with Crippen molar-refractivity contribution in [1.82, 2.24) is 19.8 Å². The van der Waals surface area contributed by atoms with Crippen molar-refractivity contribution in [1.29, 1.82) is 0 Å². The molecular formula is C25H31FN4O6. The maximum absolute atomic E-state index is 14.2. The predicted molar refractivity (Wildman–Crippen MR) is 127 cm³/mol. The van der Waals surface area contributed by atoms with Crippen LogP contribution in [0.4, 0.5) is 4.39 Å². The van der Waals surface area contributed by atoms with Gasteiger partial charge in [-0.15, -0.1) is 0 Å². The molecule has 2 aliphatic rings. The minimum atomic E-state index is -0.780. The number of nitrogens with one attached hydrogen (secondary N) is 1. The number of rotatable bonds is 1. The Morgan fingerprint density at radius 1 is 1.22 bits per heavy atom. The lowest BCUT2D eigenvalue weighted by Gasteiger charge is -2.28. The van der Waals surface area contributed by atoms with Gasteiger partial charge in [-0.05, 0) is 37.8 Å². The van der Waals surface area contributed by atoms with Crippen LogP contribution in [0.15, 0.2) is 16.9 Å². The number of carbonyl (C=O) groups is 2. The van der Waals surface area contributed by atoms with E-state index in [4.69, 9.17) is 9.47 Å². The standard InChI is InChI=1S/C25H31FN4O6/c1-4-16-12-35-13-18-23-28-21(22(32)25(34)30(16)23)24(33)27-11-15-9-14(2)17(26)10-19(15)36-8-6-5-7-20(31)29(18)3/h9-10,16,18,32H,4-8,11-13H2,1-3H3,(H,27,33). The molecule has 2 aromatic rings. The monoisotopic (exact) mass is 502 g/mol. The van der Waals surface area contributed by atoms with Gasteiger partial charge < -0.3 is 24.8 Å². The molecule has 0 saturated heterocycles. The summed E-state index contributed by atoms with van der Waals surface area (Å²) in [6.07, 6.45) is 1.84. The first-order valence-corrected chi connectivity index (χ1v) is 12.1. The van der Waals surface area contributed by atoms with E-state index in [1.807, 2.05) is 6.92 Å². The molecule has 1 aromatic carbocycles. The normalized spacial score (nSPS) is 21.3. The fraction of sp³-hybridized carbons (Fsp3) is 0.520. The van der Waals surface area contributed by atoms with E-state index >= 15 is 0 Å². The van der Waals surface area contributed by atoms with Crippen molar-refractivity contribution in [3.8, 4) is 11.5 Å². The second kappa shape index (κ2) is 10.7. The molecular weight excluding hydrogens is 471 g/mol. The molecule has 11 heteroatoms. The fourth-order valence-corrected chi connectivity index (χ4v) is 4.50. The predicted octanol–water partition coefficient (Wildman–Crippen LogP) is 2.37. The van der Waals surface area contributed by atoms with E-state index in [2.05, 4.69) is 10.3 Å². The number of aromatic hydroxyl groups is 1. The molecule has 2 N–H and O–H groups in total. The summed E-state index contributed by atoms with van der Waals surface area (Å²) < 4.78 is 27.1. The lowest BCUT2D eigenvalue weighted by atomic mass is 10.1. The van der Waals surface area contributed by atoms with Crippen LogP contribution in [-0.4, -0.2) is 58.2 Å². The van der Waals surface area contributed by atoms with Gasteiger partial charge in [0.05, 0.1) is 25.9 Å². The van der Waals surface area contributed by atoms with Crippen LogP contribution < -0.4 is 15.6 Å². The van der Waals surface area contributed by atoms with Gasteiger partial charge in [-0.1, -0.05) is 6.92 Å². The Morgan fingerprint density at radius 2 is 2.00 bits per heavy atom. The Bertz CT molecular complexity index is 1230. The van der Waals surface area contributed by atoms with E-state index < -0.39 is 40.8 Å². The zero-order chi connectivity index (χ0) is 26.0. The van der Waals surface area contributed by atoms with Gasteiger partial charge in [-0.25, -0.2) is 9.37 Å². The van der Waals surface area contributed by atoms with E-state index in [-0.39, 0.29) is 50.3 Å². The van der Waals surface area contributed by atoms with E-state index in [9.17, 15) is 23.9 Å². The SMILES string of the molecule is CCC1COCC2c3nc(c(O)c(=O)n31)C(=O)NCc1cc(C)c(F)cc1OCCCCC(=O)N2C. The van der Waals surface area contributed by atoms with Crippen LogP contribution in [0.25, 0.3) is 0 Å². The number of hydrogen-bond acceptors (Lipinski definition) is 7. The number of aromatic nitrogens is 2. The molecule has 2 bridgehead atoms. The van der Waals surface area contributed by atoms with E-state index in [1.165, 1.54) is 15.5 Å². The summed E-state index contributed by atoms with van der Waals surface area (Å²) in [6, 6.07) is 1.71. The Kier molecular flexibility index (Phi) is 7.58. The summed E-state index contributed by atoms with van der Waals surface area (Å²) in [5.41, 5.74) is -0.292. The van der Waals surface area contributed by atoms with Crippen molar-refractivity contribution in [2.45, 2.75) is 58.2 Å². The van der Waals surface area contributed by atoms with Gasteiger partial charge in [0.15, 0.2) is 5.69 Å². The number of benzene rings is 1. The van der Waals surface area contributed by atoms with Gasteiger partial charge in [-0.3, -0.25) is 19.0 Å². The molecule has 10 nitrogen and oxygen atoms in total. The van der Waals surface area contributed by atoms with Crippen LogP contribution in [0.1, 0.15) is 72.1 Å². The largest absolute Gasteiger partial charge is 0.501 e. The number of ether oxygens (including phenoxy) is 2. The summed E-state index contributed by atoms with van der Waals surface area (Å²) in [4.78, 5) is 45.3. The molecule has 0 saturated carbocycles. The van der Waals surface area contributed by atoms with Gasteiger partial charge in [-0.2, -0.15) is 0 Å². The highest BCUT2D eigenvalue weighted by Crippen LogP contribution is 2.29. The first-order chi connectivity index (χ1) is 17.2. The molecule has 2 aliphatic heterocycles. The number of likely N-dealkylation sites (N-methyl/N-ethyl adjacent to an activating group) is 1. The summed E-state index contributed by atoms with van der Waals surface area (Å²) >= 11 is 0. The van der Waals surface area contributed by atoms with Crippen molar-refractivity contribution in [3.05, 3.63) is 50.9 Å². The molecule has 2 amide bonds. The number of halogens is 1. The van der Waals surface area contributed by atoms with E-state index in [1.54, 1.807) is 20.0 Å². The number of carbonyl (C=O) groups excluding carboxylic acids is 2. The van der Waals surface area contributed by atoms with Crippen molar-refractivity contribution in [2.24, 2.45) is 0 Å². The molecule has 3 heterocycles.